The topological polar surface area (TPSA) is 53.1 Å². The van der Waals surface area contributed by atoms with Crippen LogP contribution in [-0.4, -0.2) is 9.78 Å². The Bertz CT molecular complexity index is 636. The molecule has 1 aliphatic heterocycles. The first-order chi connectivity index (χ1) is 9.58. The lowest BCUT2D eigenvalue weighted by molar-refractivity contribution is 0.134. The molecule has 0 amide bonds. The summed E-state index contributed by atoms with van der Waals surface area (Å²) in [7, 11) is 0. The van der Waals surface area contributed by atoms with Crippen molar-refractivity contribution in [1.82, 2.24) is 9.78 Å². The van der Waals surface area contributed by atoms with E-state index in [9.17, 15) is 0 Å². The van der Waals surface area contributed by atoms with E-state index in [4.69, 9.17) is 10.5 Å². The van der Waals surface area contributed by atoms with Crippen LogP contribution in [0.25, 0.3) is 0 Å². The first kappa shape index (κ1) is 13.8. The largest absolute Gasteiger partial charge is 0.372 e. The summed E-state index contributed by atoms with van der Waals surface area (Å²) in [4.78, 5) is 0. The number of fused-ring (bicyclic) bond motifs is 1. The van der Waals surface area contributed by atoms with Crippen molar-refractivity contribution >= 4 is 15.9 Å². The molecule has 0 spiro atoms. The standard InChI is InChI=1S/C15H18BrN3O/c1-9(2)19-15(13(16)6-18-19)14(17)10-3-4-11-7-20-8-12(11)5-10/h3-6,9,14H,7-8,17H2,1-2H3. The number of rotatable bonds is 3. The second-order valence-corrected chi connectivity index (χ2v) is 6.27. The third-order valence-electron chi connectivity index (χ3n) is 3.68. The van der Waals surface area contributed by atoms with Crippen LogP contribution in [0.5, 0.6) is 0 Å². The van der Waals surface area contributed by atoms with Gasteiger partial charge in [-0.05, 0) is 46.5 Å². The Labute approximate surface area is 127 Å². The molecular weight excluding hydrogens is 318 g/mol. The van der Waals surface area contributed by atoms with Gasteiger partial charge in [-0.2, -0.15) is 5.10 Å². The van der Waals surface area contributed by atoms with Gasteiger partial charge in [0.15, 0.2) is 0 Å². The molecule has 3 rings (SSSR count). The Morgan fingerprint density at radius 3 is 2.80 bits per heavy atom. The maximum absolute atomic E-state index is 6.46. The second-order valence-electron chi connectivity index (χ2n) is 5.41. The van der Waals surface area contributed by atoms with Crippen LogP contribution >= 0.6 is 15.9 Å². The number of ether oxygens (including phenoxy) is 1. The summed E-state index contributed by atoms with van der Waals surface area (Å²) in [5, 5.41) is 4.40. The first-order valence-corrected chi connectivity index (χ1v) is 7.55. The number of nitrogens with two attached hydrogens (primary N) is 1. The van der Waals surface area contributed by atoms with Crippen molar-refractivity contribution in [2.45, 2.75) is 39.1 Å². The highest BCUT2D eigenvalue weighted by atomic mass is 79.9. The fourth-order valence-electron chi connectivity index (χ4n) is 2.60. The highest BCUT2D eigenvalue weighted by Gasteiger charge is 2.21. The number of hydrogen-bond donors (Lipinski definition) is 1. The third kappa shape index (κ3) is 2.30. The molecule has 20 heavy (non-hydrogen) atoms. The van der Waals surface area contributed by atoms with Gasteiger partial charge in [-0.1, -0.05) is 18.2 Å². The van der Waals surface area contributed by atoms with Crippen molar-refractivity contribution in [2.75, 3.05) is 0 Å². The normalized spacial score (nSPS) is 15.7. The Hall–Kier alpha value is -1.17. The quantitative estimate of drug-likeness (QED) is 0.936. The van der Waals surface area contributed by atoms with Crippen molar-refractivity contribution in [3.8, 4) is 0 Å². The molecule has 0 saturated carbocycles. The van der Waals surface area contributed by atoms with Gasteiger partial charge in [-0.15, -0.1) is 0 Å². The van der Waals surface area contributed by atoms with Gasteiger partial charge >= 0.3 is 0 Å². The Morgan fingerprint density at radius 2 is 2.05 bits per heavy atom. The molecule has 2 heterocycles. The lowest BCUT2D eigenvalue weighted by atomic mass is 9.99. The van der Waals surface area contributed by atoms with E-state index in [0.29, 0.717) is 13.2 Å². The summed E-state index contributed by atoms with van der Waals surface area (Å²) in [6.45, 7) is 5.59. The lowest BCUT2D eigenvalue weighted by Gasteiger charge is -2.18. The van der Waals surface area contributed by atoms with E-state index in [0.717, 1.165) is 15.7 Å². The van der Waals surface area contributed by atoms with Gasteiger partial charge in [0.05, 0.1) is 35.6 Å². The third-order valence-corrected chi connectivity index (χ3v) is 4.29. The molecular formula is C15H18BrN3O. The average molecular weight is 336 g/mol. The monoisotopic (exact) mass is 335 g/mol. The summed E-state index contributed by atoms with van der Waals surface area (Å²) in [5.74, 6) is 0. The van der Waals surface area contributed by atoms with Crippen LogP contribution in [0.15, 0.2) is 28.9 Å². The van der Waals surface area contributed by atoms with E-state index < -0.39 is 0 Å². The zero-order chi connectivity index (χ0) is 14.3. The first-order valence-electron chi connectivity index (χ1n) is 6.76. The number of halogens is 1. The van der Waals surface area contributed by atoms with Crippen LogP contribution in [0.1, 0.15) is 48.3 Å². The van der Waals surface area contributed by atoms with Crippen LogP contribution < -0.4 is 5.73 Å². The molecule has 0 fully saturated rings. The molecule has 0 radical (unpaired) electrons. The van der Waals surface area contributed by atoms with E-state index in [-0.39, 0.29) is 12.1 Å². The van der Waals surface area contributed by atoms with Gasteiger partial charge in [0.25, 0.3) is 0 Å². The van der Waals surface area contributed by atoms with E-state index >= 15 is 0 Å². The van der Waals surface area contributed by atoms with E-state index in [1.54, 1.807) is 0 Å². The summed E-state index contributed by atoms with van der Waals surface area (Å²) in [6.07, 6.45) is 1.81. The maximum atomic E-state index is 6.46. The lowest BCUT2D eigenvalue weighted by Crippen LogP contribution is -2.19. The van der Waals surface area contributed by atoms with Crippen LogP contribution in [0.2, 0.25) is 0 Å². The number of hydrogen-bond acceptors (Lipinski definition) is 3. The maximum Gasteiger partial charge on any atom is 0.0741 e. The van der Waals surface area contributed by atoms with E-state index in [2.05, 4.69) is 53.1 Å². The molecule has 2 N–H and O–H groups in total. The number of benzene rings is 1. The van der Waals surface area contributed by atoms with Gasteiger partial charge in [0.1, 0.15) is 0 Å². The number of aromatic nitrogens is 2. The Kier molecular flexibility index (Phi) is 3.67. The minimum absolute atomic E-state index is 0.194. The highest BCUT2D eigenvalue weighted by molar-refractivity contribution is 9.10. The van der Waals surface area contributed by atoms with Gasteiger partial charge in [0, 0.05) is 6.04 Å². The van der Waals surface area contributed by atoms with Crippen LogP contribution in [0.3, 0.4) is 0 Å². The Balaban J connectivity index is 2.00. The van der Waals surface area contributed by atoms with Crippen molar-refractivity contribution in [1.29, 1.82) is 0 Å². The molecule has 0 bridgehead atoms. The number of nitrogens with zero attached hydrogens (tertiary/aromatic N) is 2. The molecule has 1 aliphatic rings. The van der Waals surface area contributed by atoms with Gasteiger partial charge in [-0.3, -0.25) is 4.68 Å². The van der Waals surface area contributed by atoms with Crippen molar-refractivity contribution in [2.24, 2.45) is 5.73 Å². The molecule has 2 aromatic rings. The minimum Gasteiger partial charge on any atom is -0.372 e. The summed E-state index contributed by atoms with van der Waals surface area (Å²) >= 11 is 3.56. The second kappa shape index (κ2) is 5.31. The highest BCUT2D eigenvalue weighted by Crippen LogP contribution is 2.31. The molecule has 1 atom stereocenters. The fourth-order valence-corrected chi connectivity index (χ4v) is 3.12. The van der Waals surface area contributed by atoms with Crippen molar-refractivity contribution in [3.05, 3.63) is 51.3 Å². The van der Waals surface area contributed by atoms with Crippen LogP contribution in [0.4, 0.5) is 0 Å². The zero-order valence-corrected chi connectivity index (χ0v) is 13.2. The molecule has 0 saturated heterocycles. The van der Waals surface area contributed by atoms with Crippen LogP contribution in [-0.2, 0) is 18.0 Å². The summed E-state index contributed by atoms with van der Waals surface area (Å²) in [5.41, 5.74) is 11.1. The SMILES string of the molecule is CC(C)n1ncc(Br)c1C(N)c1ccc2c(c1)COC2. The van der Waals surface area contributed by atoms with Gasteiger partial charge in [-0.25, -0.2) is 0 Å². The average Bonchev–Trinajstić information content (AvgIpc) is 3.03. The van der Waals surface area contributed by atoms with E-state index in [1.165, 1.54) is 11.1 Å². The summed E-state index contributed by atoms with van der Waals surface area (Å²) < 4.78 is 8.38. The minimum atomic E-state index is -0.194. The molecule has 1 unspecified atom stereocenters. The molecule has 106 valence electrons. The van der Waals surface area contributed by atoms with Gasteiger partial charge < -0.3 is 10.5 Å². The van der Waals surface area contributed by atoms with Crippen LogP contribution in [0, 0.1) is 0 Å². The molecule has 1 aromatic heterocycles. The predicted octanol–water partition coefficient (Wildman–Crippen LogP) is 3.30. The van der Waals surface area contributed by atoms with Crippen molar-refractivity contribution < 1.29 is 4.74 Å². The molecule has 1 aromatic carbocycles. The Morgan fingerprint density at radius 1 is 1.30 bits per heavy atom. The fraction of sp³-hybridized carbons (Fsp3) is 0.400. The van der Waals surface area contributed by atoms with Crippen molar-refractivity contribution in [3.63, 3.8) is 0 Å². The smallest absolute Gasteiger partial charge is 0.0741 e. The van der Waals surface area contributed by atoms with E-state index in [1.807, 2.05) is 10.9 Å². The molecule has 4 nitrogen and oxygen atoms in total. The summed E-state index contributed by atoms with van der Waals surface area (Å²) in [6, 6.07) is 6.43. The molecule has 0 aliphatic carbocycles. The predicted molar refractivity (Wildman–Crippen MR) is 81.3 cm³/mol. The van der Waals surface area contributed by atoms with Gasteiger partial charge in [0.2, 0.25) is 0 Å². The zero-order valence-electron chi connectivity index (χ0n) is 11.6. The molecule has 5 heteroatoms.